The highest BCUT2D eigenvalue weighted by Gasteiger charge is 2.27. The van der Waals surface area contributed by atoms with E-state index in [1.807, 2.05) is 12.1 Å². The summed E-state index contributed by atoms with van der Waals surface area (Å²) in [4.78, 5) is 36.7. The van der Waals surface area contributed by atoms with Gasteiger partial charge in [0.1, 0.15) is 5.58 Å². The quantitative estimate of drug-likeness (QED) is 0.615. The highest BCUT2D eigenvalue weighted by molar-refractivity contribution is 6.24. The van der Waals surface area contributed by atoms with E-state index in [0.29, 0.717) is 34.3 Å². The summed E-state index contributed by atoms with van der Waals surface area (Å²) < 4.78 is 10.5. The molecule has 0 spiro atoms. The molecule has 26 heavy (non-hydrogen) atoms. The van der Waals surface area contributed by atoms with Crippen LogP contribution in [0.2, 0.25) is 0 Å². The Morgan fingerprint density at radius 3 is 2.38 bits per heavy atom. The number of allylic oxidation sites excluding steroid dienone is 4. The molecule has 0 aliphatic heterocycles. The fraction of sp³-hybridized carbons (Fsp3) is 0.286. The summed E-state index contributed by atoms with van der Waals surface area (Å²) in [5.74, 6) is -0.534. The maximum atomic E-state index is 12.6. The van der Waals surface area contributed by atoms with E-state index in [1.165, 1.54) is 0 Å². The van der Waals surface area contributed by atoms with Gasteiger partial charge < -0.3 is 9.15 Å². The minimum Gasteiger partial charge on any atom is -0.460 e. The molecule has 1 aromatic heterocycles. The molecule has 2 aromatic rings. The van der Waals surface area contributed by atoms with Crippen molar-refractivity contribution in [3.8, 4) is 0 Å². The first-order valence-corrected chi connectivity index (χ1v) is 8.49. The first kappa shape index (κ1) is 17.9. The van der Waals surface area contributed by atoms with E-state index in [-0.39, 0.29) is 23.9 Å². The van der Waals surface area contributed by atoms with Gasteiger partial charge in [-0.05, 0) is 45.4 Å². The Morgan fingerprint density at radius 2 is 1.69 bits per heavy atom. The fourth-order valence-electron chi connectivity index (χ4n) is 3.06. The number of carbonyl (C=O) groups is 3. The molecule has 0 N–H and O–H groups in total. The van der Waals surface area contributed by atoms with Crippen LogP contribution < -0.4 is 0 Å². The minimum atomic E-state index is -0.506. The van der Waals surface area contributed by atoms with Gasteiger partial charge in [-0.1, -0.05) is 12.1 Å². The van der Waals surface area contributed by atoms with Crippen molar-refractivity contribution >= 4 is 28.5 Å². The molecule has 1 aliphatic carbocycles. The molecule has 5 nitrogen and oxygen atoms in total. The highest BCUT2D eigenvalue weighted by Crippen LogP contribution is 2.28. The van der Waals surface area contributed by atoms with Crippen molar-refractivity contribution < 1.29 is 23.5 Å². The van der Waals surface area contributed by atoms with Crippen LogP contribution in [-0.2, 0) is 20.7 Å². The standard InChI is InChI=1S/C21H20O5/c1-5-25-21(24)18-10-15-7-6-14(9-17(15)26-18)8-16-13(4)19(22)11(2)12(3)20(16)23/h6-7,9-10H,5,8H2,1-4H3. The molecule has 5 heteroatoms. The van der Waals surface area contributed by atoms with Gasteiger partial charge in [0, 0.05) is 34.1 Å². The summed E-state index contributed by atoms with van der Waals surface area (Å²) in [5, 5.41) is 0.778. The zero-order chi connectivity index (χ0) is 19.0. The van der Waals surface area contributed by atoms with Crippen LogP contribution in [0.25, 0.3) is 11.0 Å². The van der Waals surface area contributed by atoms with Crippen LogP contribution in [-0.4, -0.2) is 24.1 Å². The lowest BCUT2D eigenvalue weighted by Crippen LogP contribution is -2.21. The third-order valence-electron chi connectivity index (χ3n) is 4.75. The Morgan fingerprint density at radius 1 is 1.00 bits per heavy atom. The summed E-state index contributed by atoms with van der Waals surface area (Å²) in [6.45, 7) is 7.06. The fourth-order valence-corrected chi connectivity index (χ4v) is 3.06. The number of rotatable bonds is 4. The van der Waals surface area contributed by atoms with Crippen LogP contribution >= 0.6 is 0 Å². The van der Waals surface area contributed by atoms with Gasteiger partial charge in [-0.15, -0.1) is 0 Å². The van der Waals surface area contributed by atoms with Crippen molar-refractivity contribution in [2.24, 2.45) is 0 Å². The van der Waals surface area contributed by atoms with Gasteiger partial charge in [0.2, 0.25) is 5.76 Å². The molecule has 0 atom stereocenters. The summed E-state index contributed by atoms with van der Waals surface area (Å²) in [5.41, 5.74) is 3.39. The van der Waals surface area contributed by atoms with Crippen molar-refractivity contribution in [3.05, 3.63) is 57.9 Å². The molecule has 0 saturated carbocycles. The first-order chi connectivity index (χ1) is 12.3. The normalized spacial score (nSPS) is 15.2. The molecule has 3 rings (SSSR count). The Hall–Kier alpha value is -2.95. The van der Waals surface area contributed by atoms with E-state index in [2.05, 4.69) is 0 Å². The highest BCUT2D eigenvalue weighted by atomic mass is 16.5. The molecular formula is C21H20O5. The van der Waals surface area contributed by atoms with Crippen molar-refractivity contribution in [2.75, 3.05) is 6.61 Å². The molecule has 1 heterocycles. The SMILES string of the molecule is CCOC(=O)c1cc2ccc(CC3=C(C)C(=O)C(C)=C(C)C3=O)cc2o1. The van der Waals surface area contributed by atoms with Crippen LogP contribution in [0.5, 0.6) is 0 Å². The molecule has 1 aromatic carbocycles. The number of hydrogen-bond acceptors (Lipinski definition) is 5. The van der Waals surface area contributed by atoms with Crippen molar-refractivity contribution in [1.82, 2.24) is 0 Å². The van der Waals surface area contributed by atoms with Gasteiger partial charge >= 0.3 is 5.97 Å². The molecule has 0 unspecified atom stereocenters. The van der Waals surface area contributed by atoms with Gasteiger partial charge in [0.15, 0.2) is 11.6 Å². The van der Waals surface area contributed by atoms with Crippen LogP contribution in [0.15, 0.2) is 51.0 Å². The lowest BCUT2D eigenvalue weighted by molar-refractivity contribution is -0.116. The van der Waals surface area contributed by atoms with Gasteiger partial charge in [0.25, 0.3) is 0 Å². The lowest BCUT2D eigenvalue weighted by atomic mass is 9.83. The zero-order valence-corrected chi connectivity index (χ0v) is 15.3. The van der Waals surface area contributed by atoms with E-state index in [9.17, 15) is 14.4 Å². The Balaban J connectivity index is 1.93. The molecule has 0 amide bonds. The molecular weight excluding hydrogens is 332 g/mol. The minimum absolute atomic E-state index is 0.0826. The van der Waals surface area contributed by atoms with Crippen LogP contribution in [0.3, 0.4) is 0 Å². The molecule has 0 radical (unpaired) electrons. The van der Waals surface area contributed by atoms with Crippen LogP contribution in [0.4, 0.5) is 0 Å². The second-order valence-electron chi connectivity index (χ2n) is 6.39. The number of carbonyl (C=O) groups excluding carboxylic acids is 3. The summed E-state index contributed by atoms with van der Waals surface area (Å²) in [7, 11) is 0. The third-order valence-corrected chi connectivity index (χ3v) is 4.75. The number of esters is 1. The van der Waals surface area contributed by atoms with E-state index >= 15 is 0 Å². The van der Waals surface area contributed by atoms with Gasteiger partial charge in [-0.3, -0.25) is 9.59 Å². The van der Waals surface area contributed by atoms with Crippen molar-refractivity contribution in [3.63, 3.8) is 0 Å². The number of ketones is 2. The third kappa shape index (κ3) is 3.01. The van der Waals surface area contributed by atoms with E-state index < -0.39 is 5.97 Å². The van der Waals surface area contributed by atoms with Gasteiger partial charge in [-0.25, -0.2) is 4.79 Å². The predicted molar refractivity (Wildman–Crippen MR) is 97.0 cm³/mol. The first-order valence-electron chi connectivity index (χ1n) is 8.49. The van der Waals surface area contributed by atoms with Crippen LogP contribution in [0, 0.1) is 0 Å². The Labute approximate surface area is 151 Å². The maximum absolute atomic E-state index is 12.6. The second kappa shape index (κ2) is 6.75. The van der Waals surface area contributed by atoms with Gasteiger partial charge in [-0.2, -0.15) is 0 Å². The summed E-state index contributed by atoms with van der Waals surface area (Å²) in [6, 6.07) is 7.12. The molecule has 0 fully saturated rings. The molecule has 1 aliphatic rings. The van der Waals surface area contributed by atoms with E-state index in [4.69, 9.17) is 9.15 Å². The van der Waals surface area contributed by atoms with E-state index in [1.54, 1.807) is 39.8 Å². The largest absolute Gasteiger partial charge is 0.460 e. The Kier molecular flexibility index (Phi) is 4.64. The maximum Gasteiger partial charge on any atom is 0.374 e. The summed E-state index contributed by atoms with van der Waals surface area (Å²) >= 11 is 0. The monoisotopic (exact) mass is 352 g/mol. The number of Topliss-reactive ketones (excluding diaryl/α,β-unsaturated/α-hetero) is 2. The zero-order valence-electron chi connectivity index (χ0n) is 15.3. The van der Waals surface area contributed by atoms with E-state index in [0.717, 1.165) is 10.9 Å². The lowest BCUT2D eigenvalue weighted by Gasteiger charge is -2.18. The van der Waals surface area contributed by atoms with Crippen molar-refractivity contribution in [2.45, 2.75) is 34.1 Å². The smallest absolute Gasteiger partial charge is 0.374 e. The summed E-state index contributed by atoms with van der Waals surface area (Å²) in [6.07, 6.45) is 0.340. The number of benzene rings is 1. The molecule has 0 bridgehead atoms. The van der Waals surface area contributed by atoms with Crippen LogP contribution in [0.1, 0.15) is 43.8 Å². The topological polar surface area (TPSA) is 73.6 Å². The van der Waals surface area contributed by atoms with Crippen molar-refractivity contribution in [1.29, 1.82) is 0 Å². The average molecular weight is 352 g/mol. The Bertz CT molecular complexity index is 1000. The number of hydrogen-bond donors (Lipinski definition) is 0. The number of furan rings is 1. The second-order valence-corrected chi connectivity index (χ2v) is 6.39. The van der Waals surface area contributed by atoms with Gasteiger partial charge in [0.05, 0.1) is 6.61 Å². The number of fused-ring (bicyclic) bond motifs is 1. The number of ether oxygens (including phenoxy) is 1. The molecule has 134 valence electrons. The predicted octanol–water partition coefficient (Wildman–Crippen LogP) is 3.96. The average Bonchev–Trinajstić information content (AvgIpc) is 3.05. The molecule has 0 saturated heterocycles.